The van der Waals surface area contributed by atoms with Crippen molar-refractivity contribution in [2.75, 3.05) is 31.1 Å². The van der Waals surface area contributed by atoms with Crippen LogP contribution in [0.1, 0.15) is 6.42 Å². The van der Waals surface area contributed by atoms with E-state index in [0.29, 0.717) is 0 Å². The van der Waals surface area contributed by atoms with Gasteiger partial charge < -0.3 is 4.90 Å². The summed E-state index contributed by atoms with van der Waals surface area (Å²) in [5.74, 6) is 1.57. The standard InChI is InChI=1S/C15H18N2O3S/c18-11(16-3-5-21-6-4-16)8-17-14(19)12-9-1-2-10(7-9)13(12)15(17)20/h1-2,9-10,12-13H,3-8H2. The number of carbonyl (C=O) groups is 3. The number of carbonyl (C=O) groups excluding carboxylic acids is 3. The topological polar surface area (TPSA) is 57.7 Å². The summed E-state index contributed by atoms with van der Waals surface area (Å²) < 4.78 is 0. The van der Waals surface area contributed by atoms with E-state index in [4.69, 9.17) is 0 Å². The van der Waals surface area contributed by atoms with Crippen LogP contribution in [0.3, 0.4) is 0 Å². The lowest BCUT2D eigenvalue weighted by Crippen LogP contribution is -2.46. The van der Waals surface area contributed by atoms with Crippen LogP contribution < -0.4 is 0 Å². The first-order chi connectivity index (χ1) is 10.2. The van der Waals surface area contributed by atoms with E-state index >= 15 is 0 Å². The van der Waals surface area contributed by atoms with E-state index in [1.165, 1.54) is 4.90 Å². The van der Waals surface area contributed by atoms with Gasteiger partial charge in [0, 0.05) is 24.6 Å². The summed E-state index contributed by atoms with van der Waals surface area (Å²) in [5.41, 5.74) is 0. The highest BCUT2D eigenvalue weighted by Crippen LogP contribution is 2.52. The molecule has 6 heteroatoms. The van der Waals surface area contributed by atoms with Crippen molar-refractivity contribution in [1.29, 1.82) is 0 Å². The first kappa shape index (κ1) is 13.4. The third-order valence-corrected chi connectivity index (χ3v) is 6.16. The lowest BCUT2D eigenvalue weighted by molar-refractivity contribution is -0.147. The molecule has 2 aliphatic carbocycles. The van der Waals surface area contributed by atoms with Gasteiger partial charge in [0.15, 0.2) is 0 Å². The average Bonchev–Trinajstić information content (AvgIpc) is 3.18. The molecule has 1 saturated carbocycles. The van der Waals surface area contributed by atoms with Gasteiger partial charge in [-0.05, 0) is 18.3 Å². The number of hydrogen-bond donors (Lipinski definition) is 0. The Labute approximate surface area is 127 Å². The molecule has 2 aliphatic heterocycles. The molecular formula is C15H18N2O3S. The lowest BCUT2D eigenvalue weighted by Gasteiger charge is -2.28. The Morgan fingerprint density at radius 2 is 1.67 bits per heavy atom. The van der Waals surface area contributed by atoms with E-state index in [1.54, 1.807) is 4.90 Å². The minimum atomic E-state index is -0.197. The Balaban J connectivity index is 1.48. The molecule has 112 valence electrons. The Morgan fingerprint density at radius 1 is 1.10 bits per heavy atom. The highest BCUT2D eigenvalue weighted by Gasteiger charge is 2.59. The van der Waals surface area contributed by atoms with Gasteiger partial charge in [-0.15, -0.1) is 0 Å². The Kier molecular flexibility index (Phi) is 3.10. The van der Waals surface area contributed by atoms with Gasteiger partial charge in [-0.2, -0.15) is 11.8 Å². The Bertz CT molecular complexity index is 511. The van der Waals surface area contributed by atoms with Crippen LogP contribution >= 0.6 is 11.8 Å². The number of likely N-dealkylation sites (tertiary alicyclic amines) is 1. The van der Waals surface area contributed by atoms with Crippen LogP contribution in [-0.4, -0.2) is 58.7 Å². The fourth-order valence-corrected chi connectivity index (χ4v) is 5.07. The predicted molar refractivity (Wildman–Crippen MR) is 78.3 cm³/mol. The first-order valence-corrected chi connectivity index (χ1v) is 8.71. The summed E-state index contributed by atoms with van der Waals surface area (Å²) in [6, 6.07) is 0. The molecule has 2 bridgehead atoms. The second-order valence-electron chi connectivity index (χ2n) is 6.26. The van der Waals surface area contributed by atoms with Gasteiger partial charge in [0.1, 0.15) is 6.54 Å². The number of hydrogen-bond acceptors (Lipinski definition) is 4. The molecule has 4 rings (SSSR count). The number of thioether (sulfide) groups is 1. The average molecular weight is 306 g/mol. The van der Waals surface area contributed by atoms with Crippen molar-refractivity contribution in [3.8, 4) is 0 Å². The molecule has 0 radical (unpaired) electrons. The van der Waals surface area contributed by atoms with Gasteiger partial charge in [0.25, 0.3) is 0 Å². The van der Waals surface area contributed by atoms with Crippen molar-refractivity contribution in [3.63, 3.8) is 0 Å². The molecule has 3 fully saturated rings. The second-order valence-corrected chi connectivity index (χ2v) is 7.48. The molecule has 0 aromatic heterocycles. The van der Waals surface area contributed by atoms with Gasteiger partial charge in [-0.1, -0.05) is 12.2 Å². The van der Waals surface area contributed by atoms with Gasteiger partial charge in [-0.3, -0.25) is 19.3 Å². The number of imide groups is 1. The molecule has 0 spiro atoms. The summed E-state index contributed by atoms with van der Waals surface area (Å²) in [6.07, 6.45) is 5.08. The van der Waals surface area contributed by atoms with Crippen molar-refractivity contribution in [1.82, 2.24) is 9.80 Å². The maximum absolute atomic E-state index is 12.5. The monoisotopic (exact) mass is 306 g/mol. The maximum atomic E-state index is 12.5. The lowest BCUT2D eigenvalue weighted by atomic mass is 9.85. The van der Waals surface area contributed by atoms with E-state index in [1.807, 2.05) is 11.8 Å². The van der Waals surface area contributed by atoms with Crippen molar-refractivity contribution in [3.05, 3.63) is 12.2 Å². The summed E-state index contributed by atoms with van der Waals surface area (Å²) >= 11 is 1.83. The Morgan fingerprint density at radius 3 is 2.24 bits per heavy atom. The van der Waals surface area contributed by atoms with Crippen molar-refractivity contribution < 1.29 is 14.4 Å². The van der Waals surface area contributed by atoms with E-state index in [-0.39, 0.29) is 47.9 Å². The van der Waals surface area contributed by atoms with Crippen LogP contribution in [0.5, 0.6) is 0 Å². The fraction of sp³-hybridized carbons (Fsp3) is 0.667. The van der Waals surface area contributed by atoms with E-state index < -0.39 is 0 Å². The molecule has 4 atom stereocenters. The third kappa shape index (κ3) is 1.95. The summed E-state index contributed by atoms with van der Waals surface area (Å²) in [7, 11) is 0. The SMILES string of the molecule is O=C(CN1C(=O)C2C3C=CC(C3)C2C1=O)N1CCSCC1. The van der Waals surface area contributed by atoms with Crippen molar-refractivity contribution in [2.24, 2.45) is 23.7 Å². The zero-order valence-electron chi connectivity index (χ0n) is 11.7. The predicted octanol–water partition coefficient (Wildman–Crippen LogP) is 0.369. The number of rotatable bonds is 2. The number of amides is 3. The van der Waals surface area contributed by atoms with Crippen LogP contribution in [0.25, 0.3) is 0 Å². The summed E-state index contributed by atoms with van der Waals surface area (Å²) in [6.45, 7) is 1.38. The van der Waals surface area contributed by atoms with Gasteiger partial charge in [0.2, 0.25) is 17.7 Å². The minimum Gasteiger partial charge on any atom is -0.339 e. The Hall–Kier alpha value is -1.30. The molecule has 2 saturated heterocycles. The largest absolute Gasteiger partial charge is 0.339 e. The molecule has 0 aromatic carbocycles. The molecule has 0 N–H and O–H groups in total. The molecule has 5 nitrogen and oxygen atoms in total. The molecule has 21 heavy (non-hydrogen) atoms. The minimum absolute atomic E-state index is 0.0607. The highest BCUT2D eigenvalue weighted by atomic mass is 32.2. The molecule has 4 aliphatic rings. The van der Waals surface area contributed by atoms with Gasteiger partial charge in [0.05, 0.1) is 11.8 Å². The maximum Gasteiger partial charge on any atom is 0.242 e. The zero-order chi connectivity index (χ0) is 14.6. The normalized spacial score (nSPS) is 37.5. The van der Waals surface area contributed by atoms with Crippen LogP contribution in [0.2, 0.25) is 0 Å². The van der Waals surface area contributed by atoms with Gasteiger partial charge >= 0.3 is 0 Å². The number of fused-ring (bicyclic) bond motifs is 5. The van der Waals surface area contributed by atoms with Gasteiger partial charge in [-0.25, -0.2) is 0 Å². The van der Waals surface area contributed by atoms with Crippen LogP contribution in [0.15, 0.2) is 12.2 Å². The van der Waals surface area contributed by atoms with E-state index in [9.17, 15) is 14.4 Å². The third-order valence-electron chi connectivity index (χ3n) is 5.22. The van der Waals surface area contributed by atoms with E-state index in [2.05, 4.69) is 12.2 Å². The van der Waals surface area contributed by atoms with Crippen LogP contribution in [-0.2, 0) is 14.4 Å². The molecule has 3 amide bonds. The van der Waals surface area contributed by atoms with E-state index in [0.717, 1.165) is 31.0 Å². The summed E-state index contributed by atoms with van der Waals surface area (Å²) in [5, 5.41) is 0. The van der Waals surface area contributed by atoms with Crippen molar-refractivity contribution in [2.45, 2.75) is 6.42 Å². The fourth-order valence-electron chi connectivity index (χ4n) is 4.17. The quantitative estimate of drug-likeness (QED) is 0.546. The molecule has 0 aromatic rings. The summed E-state index contributed by atoms with van der Waals surface area (Å²) in [4.78, 5) is 40.3. The first-order valence-electron chi connectivity index (χ1n) is 7.56. The highest BCUT2D eigenvalue weighted by molar-refractivity contribution is 7.99. The van der Waals surface area contributed by atoms with Crippen LogP contribution in [0.4, 0.5) is 0 Å². The van der Waals surface area contributed by atoms with Crippen LogP contribution in [0, 0.1) is 23.7 Å². The zero-order valence-corrected chi connectivity index (χ0v) is 12.6. The molecular weight excluding hydrogens is 288 g/mol. The molecule has 2 heterocycles. The molecule has 4 unspecified atom stereocenters. The number of nitrogens with zero attached hydrogens (tertiary/aromatic N) is 2. The number of allylic oxidation sites excluding steroid dienone is 2. The second kappa shape index (κ2) is 4.87. The smallest absolute Gasteiger partial charge is 0.242 e. The van der Waals surface area contributed by atoms with Crippen molar-refractivity contribution >= 4 is 29.5 Å².